The maximum Gasteiger partial charge on any atom is 0.223 e. The first-order valence-corrected chi connectivity index (χ1v) is 12.1. The van der Waals surface area contributed by atoms with E-state index in [0.29, 0.717) is 43.4 Å². The number of rotatable bonds is 2. The first-order valence-electron chi connectivity index (χ1n) is 12.1. The average molecular weight is 444 g/mol. The summed E-state index contributed by atoms with van der Waals surface area (Å²) in [6.07, 6.45) is 6.25. The van der Waals surface area contributed by atoms with Crippen molar-refractivity contribution in [1.29, 1.82) is 0 Å². The smallest absolute Gasteiger partial charge is 0.223 e. The van der Waals surface area contributed by atoms with Crippen molar-refractivity contribution in [2.75, 3.05) is 40.4 Å². The summed E-state index contributed by atoms with van der Waals surface area (Å²) in [6, 6.07) is 4.36. The largest absolute Gasteiger partial charge is 0.493 e. The topological polar surface area (TPSA) is 79.9 Å². The van der Waals surface area contributed by atoms with Crippen molar-refractivity contribution in [3.8, 4) is 11.5 Å². The quantitative estimate of drug-likeness (QED) is 0.733. The maximum absolute atomic E-state index is 13.4. The maximum atomic E-state index is 13.4. The van der Waals surface area contributed by atoms with Gasteiger partial charge in [-0.2, -0.15) is 0 Å². The summed E-state index contributed by atoms with van der Waals surface area (Å²) < 4.78 is 11.2. The van der Waals surface area contributed by atoms with Crippen molar-refractivity contribution in [1.82, 2.24) is 15.5 Å². The Kier molecular flexibility index (Phi) is 7.55. The number of nitrogens with one attached hydrogen (secondary N) is 2. The zero-order valence-corrected chi connectivity index (χ0v) is 19.5. The summed E-state index contributed by atoms with van der Waals surface area (Å²) >= 11 is 0. The van der Waals surface area contributed by atoms with E-state index in [-0.39, 0.29) is 17.9 Å². The third kappa shape index (κ3) is 5.20. The molecule has 0 saturated carbocycles. The van der Waals surface area contributed by atoms with Gasteiger partial charge in [0.15, 0.2) is 11.5 Å². The van der Waals surface area contributed by atoms with Crippen LogP contribution >= 0.6 is 0 Å². The summed E-state index contributed by atoms with van der Waals surface area (Å²) in [5, 5.41) is 6.61. The Bertz CT molecular complexity index is 828. The van der Waals surface area contributed by atoms with Gasteiger partial charge in [0.2, 0.25) is 11.8 Å². The van der Waals surface area contributed by atoms with E-state index in [1.165, 1.54) is 6.42 Å². The van der Waals surface area contributed by atoms with Gasteiger partial charge in [-0.1, -0.05) is 6.07 Å². The number of ether oxygens (including phenoxy) is 2. The molecule has 2 amide bonds. The molecule has 2 fully saturated rings. The zero-order valence-electron chi connectivity index (χ0n) is 19.5. The monoisotopic (exact) mass is 443 g/mol. The van der Waals surface area contributed by atoms with Crippen molar-refractivity contribution in [3.63, 3.8) is 0 Å². The van der Waals surface area contributed by atoms with Gasteiger partial charge < -0.3 is 25.0 Å². The minimum atomic E-state index is 0.101. The van der Waals surface area contributed by atoms with Crippen molar-refractivity contribution < 1.29 is 19.1 Å². The van der Waals surface area contributed by atoms with Gasteiger partial charge in [-0.3, -0.25) is 9.59 Å². The lowest BCUT2D eigenvalue weighted by molar-refractivity contribution is -0.139. The van der Waals surface area contributed by atoms with E-state index in [1.54, 1.807) is 14.2 Å². The highest BCUT2D eigenvalue weighted by molar-refractivity contribution is 5.77. The fourth-order valence-corrected chi connectivity index (χ4v) is 5.74. The molecule has 2 N–H and O–H groups in total. The van der Waals surface area contributed by atoms with Gasteiger partial charge in [-0.05, 0) is 80.6 Å². The molecule has 7 heteroatoms. The zero-order chi connectivity index (χ0) is 22.5. The molecule has 2 saturated heterocycles. The Hall–Kier alpha value is -2.28. The highest BCUT2D eigenvalue weighted by Gasteiger charge is 2.39. The van der Waals surface area contributed by atoms with Crippen LogP contribution in [-0.4, -0.2) is 63.2 Å². The molecule has 0 radical (unpaired) electrons. The van der Waals surface area contributed by atoms with Crippen LogP contribution in [0.3, 0.4) is 0 Å². The van der Waals surface area contributed by atoms with Crippen molar-refractivity contribution in [2.24, 2.45) is 11.8 Å². The van der Waals surface area contributed by atoms with E-state index >= 15 is 0 Å². The van der Waals surface area contributed by atoms with Gasteiger partial charge in [-0.15, -0.1) is 0 Å². The van der Waals surface area contributed by atoms with Crippen molar-refractivity contribution in [3.05, 3.63) is 23.3 Å². The summed E-state index contributed by atoms with van der Waals surface area (Å²) in [5.74, 6) is 2.81. The molecule has 0 unspecified atom stereocenters. The molecule has 0 aromatic heterocycles. The molecule has 0 aliphatic carbocycles. The van der Waals surface area contributed by atoms with Crippen molar-refractivity contribution >= 4 is 11.8 Å². The van der Waals surface area contributed by atoms with E-state index in [2.05, 4.69) is 21.6 Å². The molecule has 7 nitrogen and oxygen atoms in total. The predicted octanol–water partition coefficient (Wildman–Crippen LogP) is 2.31. The third-order valence-corrected chi connectivity index (χ3v) is 7.29. The Labute approximate surface area is 191 Å². The van der Waals surface area contributed by atoms with Gasteiger partial charge in [0.25, 0.3) is 0 Å². The lowest BCUT2D eigenvalue weighted by Crippen LogP contribution is -2.58. The molecule has 0 spiro atoms. The van der Waals surface area contributed by atoms with Crippen LogP contribution in [0.15, 0.2) is 12.1 Å². The van der Waals surface area contributed by atoms with Crippen LogP contribution in [-0.2, 0) is 22.4 Å². The molecule has 3 atom stereocenters. The van der Waals surface area contributed by atoms with E-state index in [0.717, 1.165) is 62.2 Å². The molecule has 3 aliphatic rings. The second-order valence-corrected chi connectivity index (χ2v) is 9.47. The number of hydrogen-bond donors (Lipinski definition) is 2. The number of fused-ring (bicyclic) bond motifs is 6. The first kappa shape index (κ1) is 22.9. The SMILES string of the molecule is COc1cc2cc(c1OC)CCCNC(=O)CCC[C@H]1[C@@H]3CNC[C@H](C3)CN1C(=O)CC2. The Morgan fingerprint density at radius 2 is 1.88 bits per heavy atom. The molecule has 1 aromatic rings. The van der Waals surface area contributed by atoms with Crippen LogP contribution in [0.4, 0.5) is 0 Å². The number of amides is 2. The first-order chi connectivity index (χ1) is 15.6. The number of methoxy groups -OCH3 is 2. The van der Waals surface area contributed by atoms with Crippen LogP contribution < -0.4 is 20.1 Å². The lowest BCUT2D eigenvalue weighted by Gasteiger charge is -2.48. The Morgan fingerprint density at radius 1 is 1.00 bits per heavy atom. The fraction of sp³-hybridized carbons (Fsp3) is 0.680. The van der Waals surface area contributed by atoms with Crippen LogP contribution in [0, 0.1) is 11.8 Å². The molecular weight excluding hydrogens is 406 g/mol. The summed E-state index contributed by atoms with van der Waals surface area (Å²) in [7, 11) is 3.30. The molecule has 4 bridgehead atoms. The number of nitrogens with zero attached hydrogens (tertiary/aromatic N) is 1. The standard InChI is InChI=1S/C25H37N3O4/c1-31-22-13-17-8-9-24(30)28-16-18-12-20(15-26-14-18)21(28)6-3-7-23(29)27-10-4-5-19(11-17)25(22)32-2/h11,13,18,20-21,26H,3-10,12,14-16H2,1-2H3,(H,27,29)/t18-,20-,21-/m0/s1. The lowest BCUT2D eigenvalue weighted by atomic mass is 9.78. The summed E-state index contributed by atoms with van der Waals surface area (Å²) in [6.45, 7) is 3.44. The van der Waals surface area contributed by atoms with E-state index in [9.17, 15) is 9.59 Å². The molecule has 176 valence electrons. The van der Waals surface area contributed by atoms with Gasteiger partial charge in [0.1, 0.15) is 0 Å². The molecule has 3 aliphatic heterocycles. The van der Waals surface area contributed by atoms with Gasteiger partial charge in [0, 0.05) is 32.0 Å². The van der Waals surface area contributed by atoms with Crippen LogP contribution in [0.5, 0.6) is 11.5 Å². The van der Waals surface area contributed by atoms with Gasteiger partial charge >= 0.3 is 0 Å². The van der Waals surface area contributed by atoms with Gasteiger partial charge in [-0.25, -0.2) is 0 Å². The minimum Gasteiger partial charge on any atom is -0.493 e. The van der Waals surface area contributed by atoms with Crippen LogP contribution in [0.1, 0.15) is 49.7 Å². The number of hydrogen-bond acceptors (Lipinski definition) is 5. The molecule has 4 rings (SSSR count). The third-order valence-electron chi connectivity index (χ3n) is 7.29. The number of benzene rings is 1. The Morgan fingerprint density at radius 3 is 2.69 bits per heavy atom. The summed E-state index contributed by atoms with van der Waals surface area (Å²) in [5.41, 5.74) is 2.16. The number of piperidine rings is 2. The molecule has 32 heavy (non-hydrogen) atoms. The van der Waals surface area contributed by atoms with Crippen LogP contribution in [0.25, 0.3) is 0 Å². The number of carbonyl (C=O) groups excluding carboxylic acids is 2. The normalized spacial score (nSPS) is 27.3. The van der Waals surface area contributed by atoms with E-state index in [4.69, 9.17) is 9.47 Å². The van der Waals surface area contributed by atoms with Crippen LogP contribution in [0.2, 0.25) is 0 Å². The molecular formula is C25H37N3O4. The minimum absolute atomic E-state index is 0.101. The molecule has 3 heterocycles. The van der Waals surface area contributed by atoms with E-state index < -0.39 is 0 Å². The summed E-state index contributed by atoms with van der Waals surface area (Å²) in [4.78, 5) is 27.9. The average Bonchev–Trinajstić information content (AvgIpc) is 2.80. The number of aryl methyl sites for hydroxylation is 2. The highest BCUT2D eigenvalue weighted by atomic mass is 16.5. The highest BCUT2D eigenvalue weighted by Crippen LogP contribution is 2.35. The van der Waals surface area contributed by atoms with Gasteiger partial charge in [0.05, 0.1) is 14.2 Å². The second kappa shape index (κ2) is 10.6. The van der Waals surface area contributed by atoms with E-state index in [1.807, 2.05) is 6.07 Å². The predicted molar refractivity (Wildman–Crippen MR) is 123 cm³/mol. The number of carbonyl (C=O) groups is 2. The Balaban J connectivity index is 1.58. The second-order valence-electron chi connectivity index (χ2n) is 9.47. The van der Waals surface area contributed by atoms with Crippen molar-refractivity contribution in [2.45, 2.75) is 57.4 Å². The fourth-order valence-electron chi connectivity index (χ4n) is 5.74. The molecule has 1 aromatic carbocycles.